The van der Waals surface area contributed by atoms with Crippen molar-refractivity contribution in [3.05, 3.63) is 101 Å². The fourth-order valence-corrected chi connectivity index (χ4v) is 6.19. The second kappa shape index (κ2) is 14.2. The van der Waals surface area contributed by atoms with Gasteiger partial charge in [-0.05, 0) is 61.0 Å². The molecule has 50 heavy (non-hydrogen) atoms. The third kappa shape index (κ3) is 8.39. The van der Waals surface area contributed by atoms with E-state index in [2.05, 4.69) is 10.0 Å². The molecule has 0 saturated heterocycles. The molecule has 264 valence electrons. The highest BCUT2D eigenvalue weighted by molar-refractivity contribution is 7.92. The van der Waals surface area contributed by atoms with E-state index in [0.717, 1.165) is 54.1 Å². The summed E-state index contributed by atoms with van der Waals surface area (Å²) in [5.41, 5.74) is -1.71. The minimum absolute atomic E-state index is 0.0369. The first-order valence-electron chi connectivity index (χ1n) is 14.5. The molecule has 3 amide bonds. The monoisotopic (exact) mass is 722 g/mol. The lowest BCUT2D eigenvalue weighted by Gasteiger charge is -2.24. The summed E-state index contributed by atoms with van der Waals surface area (Å²) in [6.45, 7) is 0.607. The Kier molecular flexibility index (Phi) is 10.6. The van der Waals surface area contributed by atoms with Gasteiger partial charge in [0.15, 0.2) is 0 Å². The van der Waals surface area contributed by atoms with Gasteiger partial charge in [-0.1, -0.05) is 35.9 Å². The molecule has 0 saturated carbocycles. The van der Waals surface area contributed by atoms with Gasteiger partial charge in [0, 0.05) is 55.1 Å². The van der Waals surface area contributed by atoms with E-state index in [9.17, 15) is 53.9 Å². The first-order valence-corrected chi connectivity index (χ1v) is 16.0. The molecule has 2 aromatic rings. The van der Waals surface area contributed by atoms with Gasteiger partial charge in [-0.3, -0.25) is 23.9 Å². The van der Waals surface area contributed by atoms with Crippen molar-refractivity contribution < 1.29 is 53.9 Å². The number of nitrogens with zero attached hydrogens (tertiary/aromatic N) is 2. The number of halogens is 6. The van der Waals surface area contributed by atoms with Crippen LogP contribution in [-0.4, -0.2) is 76.4 Å². The molecule has 0 heterocycles. The maximum atomic E-state index is 13.6. The Hall–Kier alpha value is -5.45. The quantitative estimate of drug-likeness (QED) is 0.160. The summed E-state index contributed by atoms with van der Waals surface area (Å²) >= 11 is 0. The number of alkyl halides is 6. The number of rotatable bonds is 10. The Morgan fingerprint density at radius 2 is 1.40 bits per heavy atom. The molecule has 2 aliphatic carbocycles. The summed E-state index contributed by atoms with van der Waals surface area (Å²) in [6, 6.07) is 15.4. The molecule has 0 aromatic heterocycles. The van der Waals surface area contributed by atoms with Gasteiger partial charge in [0.2, 0.25) is 0 Å². The van der Waals surface area contributed by atoms with E-state index in [-0.39, 0.29) is 21.6 Å². The Balaban J connectivity index is 1.70. The van der Waals surface area contributed by atoms with E-state index >= 15 is 0 Å². The number of aryl methyl sites for hydroxylation is 1. The lowest BCUT2D eigenvalue weighted by atomic mass is 10.1. The minimum Gasteiger partial charge on any atom is -0.350 e. The van der Waals surface area contributed by atoms with Gasteiger partial charge in [0.05, 0.1) is 10.6 Å². The van der Waals surface area contributed by atoms with Crippen LogP contribution in [0.2, 0.25) is 0 Å². The van der Waals surface area contributed by atoms with Gasteiger partial charge in [-0.25, -0.2) is 8.42 Å². The van der Waals surface area contributed by atoms with Crippen molar-refractivity contribution in [1.82, 2.24) is 10.2 Å². The number of hydrogen-bond acceptors (Lipinski definition) is 6. The fourth-order valence-electron chi connectivity index (χ4n) is 4.90. The molecule has 2 aromatic carbocycles. The van der Waals surface area contributed by atoms with Crippen LogP contribution in [0.15, 0.2) is 83.8 Å². The highest BCUT2D eigenvalue weighted by Gasteiger charge is 2.44. The number of hydrogen-bond donors (Lipinski definition) is 2. The van der Waals surface area contributed by atoms with Gasteiger partial charge in [0.25, 0.3) is 27.6 Å². The molecule has 10 nitrogen and oxygen atoms in total. The third-order valence-corrected chi connectivity index (χ3v) is 8.65. The van der Waals surface area contributed by atoms with Crippen molar-refractivity contribution in [1.29, 1.82) is 0 Å². The molecule has 0 bridgehead atoms. The zero-order valence-corrected chi connectivity index (χ0v) is 27.3. The van der Waals surface area contributed by atoms with Crippen molar-refractivity contribution >= 4 is 44.9 Å². The normalized spacial score (nSPS) is 11.9. The van der Waals surface area contributed by atoms with Crippen molar-refractivity contribution in [2.45, 2.75) is 24.2 Å². The Labute approximate surface area is 282 Å². The van der Waals surface area contributed by atoms with Crippen LogP contribution in [0.25, 0.3) is 11.1 Å². The first kappa shape index (κ1) is 37.4. The van der Waals surface area contributed by atoms with Gasteiger partial charge < -0.3 is 15.1 Å². The van der Waals surface area contributed by atoms with Crippen LogP contribution in [0, 0.1) is 6.92 Å². The topological polar surface area (TPSA) is 133 Å². The molecule has 2 aliphatic rings. The zero-order valence-electron chi connectivity index (χ0n) is 26.4. The Morgan fingerprint density at radius 3 is 2.00 bits per heavy atom. The smallest absolute Gasteiger partial charge is 0.350 e. The number of carbonyl (C=O) groups excluding carboxylic acids is 4. The van der Waals surface area contributed by atoms with E-state index in [1.807, 2.05) is 0 Å². The van der Waals surface area contributed by atoms with Crippen LogP contribution < -0.4 is 14.9 Å². The maximum absolute atomic E-state index is 13.6. The highest BCUT2D eigenvalue weighted by atomic mass is 32.2. The summed E-state index contributed by atoms with van der Waals surface area (Å²) in [6.07, 6.45) is -10.8. The van der Waals surface area contributed by atoms with E-state index in [0.29, 0.717) is 6.07 Å². The third-order valence-electron chi connectivity index (χ3n) is 7.22. The molecule has 0 atom stereocenters. The van der Waals surface area contributed by atoms with Crippen molar-refractivity contribution in [2.24, 2.45) is 0 Å². The highest BCUT2D eigenvalue weighted by Crippen LogP contribution is 2.39. The first-order chi connectivity index (χ1) is 23.2. The molecule has 2 N–H and O–H groups in total. The number of amides is 3. The van der Waals surface area contributed by atoms with Crippen molar-refractivity contribution in [2.75, 3.05) is 36.8 Å². The lowest BCUT2D eigenvalue weighted by molar-refractivity contribution is -0.170. The predicted octanol–water partition coefficient (Wildman–Crippen LogP) is 5.67. The van der Waals surface area contributed by atoms with Gasteiger partial charge in [-0.2, -0.15) is 26.3 Å². The number of nitrogens with one attached hydrogen (secondary N) is 2. The summed E-state index contributed by atoms with van der Waals surface area (Å²) in [4.78, 5) is 50.4. The second-order valence-electron chi connectivity index (χ2n) is 11.1. The molecular formula is C33H28F6N4O6S. The number of benzene rings is 2. The van der Waals surface area contributed by atoms with Crippen LogP contribution in [0.1, 0.15) is 36.6 Å². The zero-order chi connectivity index (χ0) is 37.2. The largest absolute Gasteiger partial charge is 0.471 e. The second-order valence-corrected chi connectivity index (χ2v) is 12.8. The summed E-state index contributed by atoms with van der Waals surface area (Å²) < 4.78 is 111. The number of carbonyl (C=O) groups is 4. The van der Waals surface area contributed by atoms with Gasteiger partial charge in [0.1, 0.15) is 0 Å². The standard InChI is InChI=1S/C33H28F6N4O6S/c1-19-6-4-7-21(16-19)29(45)40-14-15-43(31(47)33(37,38)39)23-9-5-8-22(17-23)41-50(48,49)27-18-26(28(44)32(34,35)36)24-12-10-20(11-13-25(24)27)30(46)42(2)3/h4-13,16-18,41H,14-15H2,1-3H3,(H,40,45). The molecule has 0 aliphatic heterocycles. The number of sulfonamides is 1. The number of anilines is 2. The van der Waals surface area contributed by atoms with E-state index in [4.69, 9.17) is 0 Å². The summed E-state index contributed by atoms with van der Waals surface area (Å²) in [5.74, 6) is -5.87. The van der Waals surface area contributed by atoms with Crippen LogP contribution in [0.4, 0.5) is 37.7 Å². The van der Waals surface area contributed by atoms with Gasteiger partial charge >= 0.3 is 18.3 Å². The summed E-state index contributed by atoms with van der Waals surface area (Å²) in [7, 11) is -2.06. The van der Waals surface area contributed by atoms with E-state index in [1.54, 1.807) is 25.1 Å². The fraction of sp³-hybridized carbons (Fsp3) is 0.212. The summed E-state index contributed by atoms with van der Waals surface area (Å²) in [5, 5.41) is 2.42. The number of Topliss-reactive ketones (excluding diaryl/α,β-unsaturated/α-hetero) is 1. The van der Waals surface area contributed by atoms with Crippen LogP contribution in [-0.2, 0) is 14.8 Å². The number of ketones is 1. The Morgan fingerprint density at radius 1 is 0.760 bits per heavy atom. The van der Waals surface area contributed by atoms with Crippen LogP contribution >= 0.6 is 0 Å². The molecular weight excluding hydrogens is 694 g/mol. The maximum Gasteiger partial charge on any atom is 0.471 e. The number of fused-ring (bicyclic) bond motifs is 1. The van der Waals surface area contributed by atoms with E-state index in [1.165, 1.54) is 25.1 Å². The van der Waals surface area contributed by atoms with Crippen LogP contribution in [0.5, 0.6) is 0 Å². The predicted molar refractivity (Wildman–Crippen MR) is 171 cm³/mol. The van der Waals surface area contributed by atoms with Crippen molar-refractivity contribution in [3.8, 4) is 11.1 Å². The average molecular weight is 723 g/mol. The van der Waals surface area contributed by atoms with Crippen molar-refractivity contribution in [3.63, 3.8) is 0 Å². The SMILES string of the molecule is Cc1cccc(C(=O)NCCN(C(=O)C(F)(F)F)c2cccc(NS(=O)(=O)c3cc(C(=O)C(F)(F)F)c4ccc(C(=O)N(C)C)ccc3-4)c2)c1. The lowest BCUT2D eigenvalue weighted by Crippen LogP contribution is -2.45. The molecule has 17 heteroatoms. The Bertz CT molecular complexity index is 2050. The molecule has 0 unspecified atom stereocenters. The molecule has 0 fully saturated rings. The molecule has 0 radical (unpaired) electrons. The molecule has 0 spiro atoms. The average Bonchev–Trinajstić information content (AvgIpc) is 3.26. The minimum atomic E-state index is -5.39. The van der Waals surface area contributed by atoms with E-state index < -0.39 is 86.4 Å². The van der Waals surface area contributed by atoms with Crippen LogP contribution in [0.3, 0.4) is 0 Å². The van der Waals surface area contributed by atoms with Gasteiger partial charge in [-0.15, -0.1) is 0 Å². The molecule has 4 rings (SSSR count).